The van der Waals surface area contributed by atoms with E-state index in [0.29, 0.717) is 13.0 Å². The highest BCUT2D eigenvalue weighted by molar-refractivity contribution is 14.0. The number of amides is 1. The number of halogens is 1. The monoisotopic (exact) mass is 527 g/mol. The predicted molar refractivity (Wildman–Crippen MR) is 132 cm³/mol. The van der Waals surface area contributed by atoms with Crippen molar-refractivity contribution in [1.29, 1.82) is 0 Å². The molecule has 0 bridgehead atoms. The summed E-state index contributed by atoms with van der Waals surface area (Å²) in [6, 6.07) is 7.98. The molecule has 0 aliphatic carbocycles. The summed E-state index contributed by atoms with van der Waals surface area (Å²) in [5.41, 5.74) is 3.27. The highest BCUT2D eigenvalue weighted by Gasteiger charge is 2.24. The molecule has 1 aliphatic rings. The molecule has 1 aliphatic heterocycles. The molecule has 1 amide bonds. The number of hydrogen-bond acceptors (Lipinski definition) is 4. The van der Waals surface area contributed by atoms with Crippen LogP contribution in [0.1, 0.15) is 47.3 Å². The number of nitrogens with one attached hydrogen (secondary N) is 3. The summed E-state index contributed by atoms with van der Waals surface area (Å²) in [5.74, 6) is 0.951. The lowest BCUT2D eigenvalue weighted by atomic mass is 9.91. The van der Waals surface area contributed by atoms with Gasteiger partial charge in [0.05, 0.1) is 17.2 Å². The molecular formula is C21H30IN5OS. The van der Waals surface area contributed by atoms with Crippen LogP contribution in [0, 0.1) is 6.92 Å². The molecule has 1 unspecified atom stereocenters. The van der Waals surface area contributed by atoms with E-state index < -0.39 is 0 Å². The van der Waals surface area contributed by atoms with E-state index in [0.717, 1.165) is 48.1 Å². The third kappa shape index (κ3) is 6.40. The first-order valence-electron chi connectivity index (χ1n) is 9.96. The van der Waals surface area contributed by atoms with Gasteiger partial charge in [0, 0.05) is 42.4 Å². The van der Waals surface area contributed by atoms with Gasteiger partial charge >= 0.3 is 0 Å². The second-order valence-electron chi connectivity index (χ2n) is 6.90. The molecule has 0 saturated carbocycles. The van der Waals surface area contributed by atoms with Crippen molar-refractivity contribution in [2.45, 2.75) is 46.0 Å². The zero-order valence-corrected chi connectivity index (χ0v) is 20.4. The fourth-order valence-corrected chi connectivity index (χ4v) is 4.44. The summed E-state index contributed by atoms with van der Waals surface area (Å²) in [5, 5.41) is 10.8. The van der Waals surface area contributed by atoms with Crippen LogP contribution in [-0.2, 0) is 17.6 Å². The number of para-hydroxylation sites is 1. The number of aliphatic imine (C=N–C) groups is 1. The Labute approximate surface area is 194 Å². The van der Waals surface area contributed by atoms with E-state index in [-0.39, 0.29) is 35.8 Å². The van der Waals surface area contributed by atoms with E-state index in [9.17, 15) is 4.79 Å². The van der Waals surface area contributed by atoms with Gasteiger partial charge in [-0.3, -0.25) is 9.79 Å². The third-order valence-electron chi connectivity index (χ3n) is 4.82. The van der Waals surface area contributed by atoms with Crippen LogP contribution in [-0.4, -0.2) is 36.5 Å². The van der Waals surface area contributed by atoms with Crippen LogP contribution in [0.5, 0.6) is 0 Å². The molecule has 3 rings (SSSR count). The molecule has 6 nitrogen and oxygen atoms in total. The molecule has 29 heavy (non-hydrogen) atoms. The number of carbonyl (C=O) groups excluding carboxylic acids is 1. The minimum Gasteiger partial charge on any atom is -0.357 e. The number of anilines is 1. The summed E-state index contributed by atoms with van der Waals surface area (Å²) in [7, 11) is 0. The van der Waals surface area contributed by atoms with E-state index in [4.69, 9.17) is 9.98 Å². The lowest BCUT2D eigenvalue weighted by Gasteiger charge is -2.24. The molecule has 1 aromatic heterocycles. The van der Waals surface area contributed by atoms with E-state index in [1.54, 1.807) is 11.3 Å². The lowest BCUT2D eigenvalue weighted by Crippen LogP contribution is -2.38. The molecule has 0 spiro atoms. The van der Waals surface area contributed by atoms with Crippen molar-refractivity contribution in [2.75, 3.05) is 25.0 Å². The number of fused-ring (bicyclic) bond motifs is 1. The van der Waals surface area contributed by atoms with Gasteiger partial charge < -0.3 is 16.0 Å². The Balaban J connectivity index is 0.00000300. The van der Waals surface area contributed by atoms with Crippen LogP contribution >= 0.6 is 35.3 Å². The highest BCUT2D eigenvalue weighted by Crippen LogP contribution is 2.31. The molecule has 0 fully saturated rings. The molecule has 2 aromatic rings. The summed E-state index contributed by atoms with van der Waals surface area (Å²) in [4.78, 5) is 22.7. The number of carbonyl (C=O) groups is 1. The fraction of sp³-hybridized carbons (Fsp3) is 0.476. The first-order chi connectivity index (χ1) is 13.6. The molecule has 1 aromatic carbocycles. The number of nitrogens with zero attached hydrogens (tertiary/aromatic N) is 2. The van der Waals surface area contributed by atoms with E-state index in [1.807, 2.05) is 18.2 Å². The molecule has 3 N–H and O–H groups in total. The largest absolute Gasteiger partial charge is 0.357 e. The Kier molecular flexibility index (Phi) is 9.35. The van der Waals surface area contributed by atoms with Crippen molar-refractivity contribution in [1.82, 2.24) is 15.6 Å². The average molecular weight is 527 g/mol. The number of hydrogen-bond donors (Lipinski definition) is 3. The van der Waals surface area contributed by atoms with E-state index in [2.05, 4.69) is 42.8 Å². The Morgan fingerprint density at radius 1 is 1.31 bits per heavy atom. The predicted octanol–water partition coefficient (Wildman–Crippen LogP) is 3.86. The van der Waals surface area contributed by atoms with Crippen LogP contribution in [0.3, 0.4) is 0 Å². The zero-order valence-electron chi connectivity index (χ0n) is 17.2. The van der Waals surface area contributed by atoms with Gasteiger partial charge in [-0.2, -0.15) is 0 Å². The minimum absolute atomic E-state index is 0. The second-order valence-corrected chi connectivity index (χ2v) is 8.18. The molecule has 8 heteroatoms. The zero-order chi connectivity index (χ0) is 19.9. The smallest absolute Gasteiger partial charge is 0.225 e. The Hall–Kier alpha value is -1.68. The lowest BCUT2D eigenvalue weighted by molar-refractivity contribution is -0.116. The highest BCUT2D eigenvalue weighted by atomic mass is 127. The van der Waals surface area contributed by atoms with Gasteiger partial charge in [-0.15, -0.1) is 35.3 Å². The maximum Gasteiger partial charge on any atom is 0.225 e. The standard InChI is InChI=1S/C21H29N5OS.HI/c1-4-17-14(3)28-20(26-17)10-11-23-21(22-5-2)24-13-15-12-19(27)25-18-9-7-6-8-16(15)18;/h6-9,15H,4-5,10-13H2,1-3H3,(H,25,27)(H2,22,23,24);1H. The average Bonchev–Trinajstić information content (AvgIpc) is 3.05. The van der Waals surface area contributed by atoms with Crippen LogP contribution in [0.2, 0.25) is 0 Å². The molecule has 1 atom stereocenters. The molecule has 0 saturated heterocycles. The van der Waals surface area contributed by atoms with E-state index in [1.165, 1.54) is 10.6 Å². The van der Waals surface area contributed by atoms with Gasteiger partial charge in [-0.05, 0) is 31.9 Å². The number of rotatable bonds is 7. The van der Waals surface area contributed by atoms with Crippen LogP contribution in [0.4, 0.5) is 5.69 Å². The van der Waals surface area contributed by atoms with E-state index >= 15 is 0 Å². The van der Waals surface area contributed by atoms with Crippen LogP contribution in [0.15, 0.2) is 29.3 Å². The van der Waals surface area contributed by atoms with Crippen molar-refractivity contribution in [3.8, 4) is 0 Å². The van der Waals surface area contributed by atoms with Gasteiger partial charge in [-0.1, -0.05) is 25.1 Å². The Bertz CT molecular complexity index is 851. The second kappa shape index (κ2) is 11.5. The first kappa shape index (κ1) is 23.6. The van der Waals surface area contributed by atoms with Gasteiger partial charge in [0.15, 0.2) is 5.96 Å². The van der Waals surface area contributed by atoms with Crippen molar-refractivity contribution < 1.29 is 4.79 Å². The van der Waals surface area contributed by atoms with Gasteiger partial charge in [0.25, 0.3) is 0 Å². The van der Waals surface area contributed by atoms with Crippen LogP contribution in [0.25, 0.3) is 0 Å². The first-order valence-corrected chi connectivity index (χ1v) is 10.8. The van der Waals surface area contributed by atoms with Gasteiger partial charge in [-0.25, -0.2) is 4.98 Å². The normalized spacial score (nSPS) is 15.9. The Morgan fingerprint density at radius 2 is 2.10 bits per heavy atom. The molecular weight excluding hydrogens is 497 g/mol. The SMILES string of the molecule is CCNC(=NCC1CC(=O)Nc2ccccc21)NCCc1nc(CC)c(C)s1.I. The number of guanidine groups is 1. The Morgan fingerprint density at radius 3 is 2.83 bits per heavy atom. The van der Waals surface area contributed by atoms with Gasteiger partial charge in [0.1, 0.15) is 0 Å². The third-order valence-corrected chi connectivity index (χ3v) is 5.90. The van der Waals surface area contributed by atoms with Crippen molar-refractivity contribution in [2.24, 2.45) is 4.99 Å². The van der Waals surface area contributed by atoms with Gasteiger partial charge in [0.2, 0.25) is 5.91 Å². The quantitative estimate of drug-likeness (QED) is 0.291. The maximum atomic E-state index is 12.0. The number of benzene rings is 1. The summed E-state index contributed by atoms with van der Waals surface area (Å²) < 4.78 is 0. The topological polar surface area (TPSA) is 78.4 Å². The van der Waals surface area contributed by atoms with Crippen molar-refractivity contribution in [3.63, 3.8) is 0 Å². The fourth-order valence-electron chi connectivity index (χ4n) is 3.42. The molecule has 2 heterocycles. The molecule has 158 valence electrons. The minimum atomic E-state index is 0. The number of aromatic nitrogens is 1. The van der Waals surface area contributed by atoms with Crippen molar-refractivity contribution in [3.05, 3.63) is 45.4 Å². The maximum absolute atomic E-state index is 12.0. The van der Waals surface area contributed by atoms with Crippen LogP contribution < -0.4 is 16.0 Å². The molecule has 0 radical (unpaired) electrons. The number of thiazole rings is 1. The van der Waals surface area contributed by atoms with Crippen molar-refractivity contribution >= 4 is 52.9 Å². The summed E-state index contributed by atoms with van der Waals surface area (Å²) >= 11 is 1.78. The number of aryl methyl sites for hydroxylation is 2. The summed E-state index contributed by atoms with van der Waals surface area (Å²) in [6.45, 7) is 8.49. The summed E-state index contributed by atoms with van der Waals surface area (Å²) in [6.07, 6.45) is 2.33.